The maximum Gasteiger partial charge on any atom is 0.146 e. The number of rotatable bonds is 7. The summed E-state index contributed by atoms with van der Waals surface area (Å²) in [6.07, 6.45) is 1.79. The van der Waals surface area contributed by atoms with Gasteiger partial charge in [0.2, 0.25) is 0 Å². The average Bonchev–Trinajstić information content (AvgIpc) is 2.85. The highest BCUT2D eigenvalue weighted by molar-refractivity contribution is 9.10. The van der Waals surface area contributed by atoms with E-state index in [0.717, 1.165) is 34.6 Å². The first kappa shape index (κ1) is 16.1. The lowest BCUT2D eigenvalue weighted by Gasteiger charge is -2.07. The maximum absolute atomic E-state index is 5.77. The summed E-state index contributed by atoms with van der Waals surface area (Å²) >= 11 is 3.51. The predicted molar refractivity (Wildman–Crippen MR) is 88.5 cm³/mol. The van der Waals surface area contributed by atoms with E-state index in [1.165, 1.54) is 5.56 Å². The number of nitrogens with one attached hydrogen (secondary N) is 1. The molecule has 114 valence electrons. The van der Waals surface area contributed by atoms with Gasteiger partial charge in [0.1, 0.15) is 18.1 Å². The van der Waals surface area contributed by atoms with Gasteiger partial charge in [0.15, 0.2) is 0 Å². The monoisotopic (exact) mass is 351 g/mol. The van der Waals surface area contributed by atoms with Crippen LogP contribution in [-0.4, -0.2) is 6.54 Å². The minimum atomic E-state index is 0.436. The predicted octanol–water partition coefficient (Wildman–Crippen LogP) is 4.68. The van der Waals surface area contributed by atoms with E-state index < -0.39 is 0 Å². The van der Waals surface area contributed by atoms with Gasteiger partial charge in [0, 0.05) is 12.1 Å². The van der Waals surface area contributed by atoms with Crippen molar-refractivity contribution in [3.8, 4) is 5.75 Å². The van der Waals surface area contributed by atoms with Gasteiger partial charge in [0.25, 0.3) is 0 Å². The second-order valence-electron chi connectivity index (χ2n) is 5.67. The Balaban J connectivity index is 1.85. The van der Waals surface area contributed by atoms with E-state index in [1.54, 1.807) is 6.26 Å². The number of hydrogen-bond acceptors (Lipinski definition) is 3. The minimum absolute atomic E-state index is 0.436. The van der Waals surface area contributed by atoms with Gasteiger partial charge < -0.3 is 14.5 Å². The molecule has 1 aromatic heterocycles. The number of ether oxygens (including phenoxy) is 1. The topological polar surface area (TPSA) is 34.4 Å². The number of halogens is 1. The largest absolute Gasteiger partial charge is 0.484 e. The van der Waals surface area contributed by atoms with Gasteiger partial charge in [-0.15, -0.1) is 0 Å². The summed E-state index contributed by atoms with van der Waals surface area (Å²) in [6.45, 7) is 8.72. The molecule has 0 amide bonds. The molecule has 0 radical (unpaired) electrons. The zero-order valence-corrected chi connectivity index (χ0v) is 14.4. The molecule has 0 unspecified atom stereocenters. The molecule has 0 atom stereocenters. The van der Waals surface area contributed by atoms with Crippen LogP contribution in [0.4, 0.5) is 0 Å². The van der Waals surface area contributed by atoms with Gasteiger partial charge in [-0.05, 0) is 59.1 Å². The Morgan fingerprint density at radius 1 is 1.29 bits per heavy atom. The number of furan rings is 1. The van der Waals surface area contributed by atoms with Gasteiger partial charge in [-0.1, -0.05) is 19.9 Å². The highest BCUT2D eigenvalue weighted by atomic mass is 79.9. The minimum Gasteiger partial charge on any atom is -0.484 e. The Labute approximate surface area is 134 Å². The Kier molecular flexibility index (Phi) is 5.88. The molecule has 1 aromatic carbocycles. The van der Waals surface area contributed by atoms with Crippen LogP contribution in [0.1, 0.15) is 30.7 Å². The SMILES string of the molecule is Cc1ccc(OCc2cc(CNCC(C)C)co2)c(Br)c1. The van der Waals surface area contributed by atoms with Crippen molar-refractivity contribution >= 4 is 15.9 Å². The lowest BCUT2D eigenvalue weighted by molar-refractivity contribution is 0.268. The highest BCUT2D eigenvalue weighted by Gasteiger charge is 2.05. The molecule has 0 aliphatic rings. The fourth-order valence-corrected chi connectivity index (χ4v) is 2.58. The Bertz CT molecular complexity index is 578. The summed E-state index contributed by atoms with van der Waals surface area (Å²) in [5, 5.41) is 3.40. The van der Waals surface area contributed by atoms with Crippen LogP contribution in [0.5, 0.6) is 5.75 Å². The van der Waals surface area contributed by atoms with Crippen LogP contribution < -0.4 is 10.1 Å². The lowest BCUT2D eigenvalue weighted by Crippen LogP contribution is -2.18. The molecule has 0 saturated heterocycles. The molecule has 2 rings (SSSR count). The third-order valence-corrected chi connectivity index (χ3v) is 3.67. The number of benzene rings is 1. The first-order valence-corrected chi connectivity index (χ1v) is 8.00. The van der Waals surface area contributed by atoms with Crippen molar-refractivity contribution in [1.29, 1.82) is 0 Å². The Morgan fingerprint density at radius 2 is 2.10 bits per heavy atom. The van der Waals surface area contributed by atoms with Crippen LogP contribution in [0.15, 0.2) is 39.4 Å². The van der Waals surface area contributed by atoms with Crippen LogP contribution in [0, 0.1) is 12.8 Å². The summed E-state index contributed by atoms with van der Waals surface area (Å²) in [7, 11) is 0. The standard InChI is InChI=1S/C17H22BrNO2/c1-12(2)8-19-9-14-7-15(20-10-14)11-21-17-5-4-13(3)6-16(17)18/h4-7,10,12,19H,8-9,11H2,1-3H3. The molecule has 0 aliphatic heterocycles. The summed E-state index contributed by atoms with van der Waals surface area (Å²) < 4.78 is 12.3. The molecule has 3 nitrogen and oxygen atoms in total. The van der Waals surface area contributed by atoms with Crippen molar-refractivity contribution in [3.05, 3.63) is 51.9 Å². The molecular weight excluding hydrogens is 330 g/mol. The van der Waals surface area contributed by atoms with Crippen molar-refractivity contribution in [2.24, 2.45) is 5.92 Å². The first-order valence-electron chi connectivity index (χ1n) is 7.20. The summed E-state index contributed by atoms with van der Waals surface area (Å²) in [5.41, 5.74) is 2.35. The van der Waals surface area contributed by atoms with Crippen LogP contribution >= 0.6 is 15.9 Å². The van der Waals surface area contributed by atoms with Crippen LogP contribution in [-0.2, 0) is 13.2 Å². The quantitative estimate of drug-likeness (QED) is 0.786. The van der Waals surface area contributed by atoms with Crippen molar-refractivity contribution in [1.82, 2.24) is 5.32 Å². The maximum atomic E-state index is 5.77. The molecule has 1 heterocycles. The zero-order valence-electron chi connectivity index (χ0n) is 12.8. The first-order chi connectivity index (χ1) is 10.0. The molecule has 1 N–H and O–H groups in total. The summed E-state index contributed by atoms with van der Waals surface area (Å²) in [4.78, 5) is 0. The van der Waals surface area contributed by atoms with Gasteiger partial charge in [-0.25, -0.2) is 0 Å². The molecule has 0 fully saturated rings. The van der Waals surface area contributed by atoms with E-state index in [2.05, 4.69) is 42.0 Å². The van der Waals surface area contributed by atoms with Crippen LogP contribution in [0.3, 0.4) is 0 Å². The van der Waals surface area contributed by atoms with Crippen molar-refractivity contribution in [2.45, 2.75) is 33.9 Å². The normalized spacial score (nSPS) is 11.1. The number of aryl methyl sites for hydroxylation is 1. The molecular formula is C17H22BrNO2. The van der Waals surface area contributed by atoms with E-state index in [0.29, 0.717) is 12.5 Å². The second kappa shape index (κ2) is 7.66. The van der Waals surface area contributed by atoms with Crippen LogP contribution in [0.25, 0.3) is 0 Å². The van der Waals surface area contributed by atoms with E-state index in [4.69, 9.17) is 9.15 Å². The van der Waals surface area contributed by atoms with E-state index in [1.807, 2.05) is 24.3 Å². The molecule has 4 heteroatoms. The second-order valence-corrected chi connectivity index (χ2v) is 6.52. The van der Waals surface area contributed by atoms with Crippen LogP contribution in [0.2, 0.25) is 0 Å². The third-order valence-electron chi connectivity index (χ3n) is 3.05. The van der Waals surface area contributed by atoms with Gasteiger partial charge in [0.05, 0.1) is 10.7 Å². The van der Waals surface area contributed by atoms with Crippen molar-refractivity contribution in [2.75, 3.05) is 6.54 Å². The molecule has 0 saturated carbocycles. The average molecular weight is 352 g/mol. The zero-order chi connectivity index (χ0) is 15.2. The van der Waals surface area contributed by atoms with E-state index >= 15 is 0 Å². The molecule has 2 aromatic rings. The summed E-state index contributed by atoms with van der Waals surface area (Å²) in [5.74, 6) is 2.32. The molecule has 0 aliphatic carbocycles. The Morgan fingerprint density at radius 3 is 2.81 bits per heavy atom. The fraction of sp³-hybridized carbons (Fsp3) is 0.412. The highest BCUT2D eigenvalue weighted by Crippen LogP contribution is 2.26. The number of hydrogen-bond donors (Lipinski definition) is 1. The van der Waals surface area contributed by atoms with Gasteiger partial charge in [-0.2, -0.15) is 0 Å². The Hall–Kier alpha value is -1.26. The van der Waals surface area contributed by atoms with Gasteiger partial charge >= 0.3 is 0 Å². The molecule has 0 bridgehead atoms. The third kappa shape index (κ3) is 5.21. The van der Waals surface area contributed by atoms with Gasteiger partial charge in [-0.3, -0.25) is 0 Å². The van der Waals surface area contributed by atoms with E-state index in [-0.39, 0.29) is 0 Å². The lowest BCUT2D eigenvalue weighted by atomic mass is 10.2. The smallest absolute Gasteiger partial charge is 0.146 e. The molecule has 0 spiro atoms. The van der Waals surface area contributed by atoms with E-state index in [9.17, 15) is 0 Å². The summed E-state index contributed by atoms with van der Waals surface area (Å²) in [6, 6.07) is 8.07. The van der Waals surface area contributed by atoms with Crippen molar-refractivity contribution in [3.63, 3.8) is 0 Å². The fourth-order valence-electron chi connectivity index (χ4n) is 1.97. The molecule has 21 heavy (non-hydrogen) atoms. The van der Waals surface area contributed by atoms with Crippen molar-refractivity contribution < 1.29 is 9.15 Å².